The van der Waals surface area contributed by atoms with E-state index >= 15 is 0 Å². The summed E-state index contributed by atoms with van der Waals surface area (Å²) in [7, 11) is 0. The third-order valence-corrected chi connectivity index (χ3v) is 6.28. The molecular formula is C25H26F3N3O2. The molecule has 0 saturated carbocycles. The van der Waals surface area contributed by atoms with Gasteiger partial charge in [0.2, 0.25) is 0 Å². The van der Waals surface area contributed by atoms with Gasteiger partial charge in [-0.25, -0.2) is 0 Å². The zero-order valence-corrected chi connectivity index (χ0v) is 18.7. The van der Waals surface area contributed by atoms with Crippen molar-refractivity contribution in [3.63, 3.8) is 0 Å². The average molecular weight is 457 g/mol. The van der Waals surface area contributed by atoms with Crippen LogP contribution in [0.1, 0.15) is 45.7 Å². The highest BCUT2D eigenvalue weighted by Crippen LogP contribution is 2.34. The average Bonchev–Trinajstić information content (AvgIpc) is 3.04. The molecule has 5 nitrogen and oxygen atoms in total. The first-order valence-electron chi connectivity index (χ1n) is 10.9. The molecule has 2 amide bonds. The second-order valence-electron chi connectivity index (χ2n) is 8.49. The summed E-state index contributed by atoms with van der Waals surface area (Å²) < 4.78 is 38.5. The summed E-state index contributed by atoms with van der Waals surface area (Å²) >= 11 is 0. The van der Waals surface area contributed by atoms with E-state index in [0.29, 0.717) is 16.7 Å². The molecular weight excluding hydrogens is 431 g/mol. The minimum atomic E-state index is -4.43. The molecule has 0 aliphatic carbocycles. The van der Waals surface area contributed by atoms with Crippen LogP contribution in [0.2, 0.25) is 0 Å². The molecule has 0 N–H and O–H groups in total. The fourth-order valence-electron chi connectivity index (χ4n) is 4.30. The van der Waals surface area contributed by atoms with Crippen molar-refractivity contribution in [3.05, 3.63) is 76.4 Å². The second kappa shape index (κ2) is 9.02. The molecule has 174 valence electrons. The van der Waals surface area contributed by atoms with E-state index in [0.717, 1.165) is 55.4 Å². The van der Waals surface area contributed by atoms with E-state index < -0.39 is 23.6 Å². The van der Waals surface area contributed by atoms with E-state index in [1.54, 1.807) is 12.1 Å². The van der Waals surface area contributed by atoms with Crippen LogP contribution in [0, 0.1) is 0 Å². The zero-order chi connectivity index (χ0) is 23.8. The maximum absolute atomic E-state index is 13.2. The lowest BCUT2D eigenvalue weighted by molar-refractivity contribution is -0.137. The number of halogens is 3. The number of anilines is 1. The van der Waals surface area contributed by atoms with Crippen LogP contribution in [-0.4, -0.2) is 54.3 Å². The predicted octanol–water partition coefficient (Wildman–Crippen LogP) is 4.59. The first-order chi connectivity index (χ1) is 15.7. The molecule has 8 heteroatoms. The Morgan fingerprint density at radius 1 is 0.970 bits per heavy atom. The van der Waals surface area contributed by atoms with Gasteiger partial charge in [0, 0.05) is 32.7 Å². The predicted molar refractivity (Wildman–Crippen MR) is 120 cm³/mol. The van der Waals surface area contributed by atoms with Crippen molar-refractivity contribution in [1.82, 2.24) is 9.80 Å². The van der Waals surface area contributed by atoms with Gasteiger partial charge in [0.1, 0.15) is 0 Å². The van der Waals surface area contributed by atoms with Crippen molar-refractivity contribution in [2.45, 2.75) is 26.6 Å². The third-order valence-electron chi connectivity index (χ3n) is 6.28. The monoisotopic (exact) mass is 457 g/mol. The largest absolute Gasteiger partial charge is 0.416 e. The molecule has 2 aliphatic heterocycles. The van der Waals surface area contributed by atoms with E-state index in [2.05, 4.69) is 22.8 Å². The van der Waals surface area contributed by atoms with E-state index in [-0.39, 0.29) is 6.54 Å². The molecule has 0 bridgehead atoms. The Morgan fingerprint density at radius 2 is 1.64 bits per heavy atom. The van der Waals surface area contributed by atoms with E-state index in [4.69, 9.17) is 0 Å². The smallest absolute Gasteiger partial charge is 0.368 e. The fraction of sp³-hybridized carbons (Fsp3) is 0.360. The highest BCUT2D eigenvalue weighted by molar-refractivity contribution is 6.23. The van der Waals surface area contributed by atoms with Crippen LogP contribution in [0.5, 0.6) is 0 Å². The number of nitrogens with zero attached hydrogens (tertiary/aromatic N) is 3. The molecule has 1 fully saturated rings. The van der Waals surface area contributed by atoms with Crippen molar-refractivity contribution in [1.29, 1.82) is 0 Å². The highest BCUT2D eigenvalue weighted by Gasteiger charge is 2.39. The number of hydrogen-bond acceptors (Lipinski definition) is 4. The Kier molecular flexibility index (Phi) is 6.30. The third kappa shape index (κ3) is 4.66. The summed E-state index contributed by atoms with van der Waals surface area (Å²) in [5, 5.41) is 0. The Hall–Kier alpha value is -3.13. The number of imide groups is 1. The summed E-state index contributed by atoms with van der Waals surface area (Å²) in [4.78, 5) is 31.8. The Balaban J connectivity index is 1.51. The number of piperazine rings is 1. The van der Waals surface area contributed by atoms with Crippen LogP contribution in [0.15, 0.2) is 54.1 Å². The summed E-state index contributed by atoms with van der Waals surface area (Å²) in [6, 6.07) is 9.81. The standard InChI is InChI=1S/C25H26F3N3O2/c1-3-17(2)15-29-11-13-30(14-12-29)21-6-4-5-20-22(21)24(33)31(23(20)32)16-18-7-9-19(10-8-18)25(26,27)28/h3-10H,11-16H2,1-2H3. The molecule has 0 unspecified atom stereocenters. The Labute approximate surface area is 191 Å². The minimum absolute atomic E-state index is 0.0691. The lowest BCUT2D eigenvalue weighted by Crippen LogP contribution is -2.47. The Morgan fingerprint density at radius 3 is 2.24 bits per heavy atom. The summed E-state index contributed by atoms with van der Waals surface area (Å²) in [6.07, 6.45) is -2.33. The number of alkyl halides is 3. The van der Waals surface area contributed by atoms with Gasteiger partial charge in [0.15, 0.2) is 0 Å². The van der Waals surface area contributed by atoms with Gasteiger partial charge in [-0.1, -0.05) is 29.8 Å². The lowest BCUT2D eigenvalue weighted by Gasteiger charge is -2.36. The van der Waals surface area contributed by atoms with Crippen molar-refractivity contribution in [2.75, 3.05) is 37.6 Å². The zero-order valence-electron chi connectivity index (χ0n) is 18.7. The molecule has 2 aromatic carbocycles. The molecule has 0 atom stereocenters. The van der Waals surface area contributed by atoms with Crippen LogP contribution in [0.4, 0.5) is 18.9 Å². The first kappa shape index (κ1) is 23.0. The quantitative estimate of drug-likeness (QED) is 0.487. The minimum Gasteiger partial charge on any atom is -0.368 e. The first-order valence-corrected chi connectivity index (χ1v) is 10.9. The number of rotatable bonds is 5. The van der Waals surface area contributed by atoms with Crippen LogP contribution >= 0.6 is 0 Å². The van der Waals surface area contributed by atoms with E-state index in [9.17, 15) is 22.8 Å². The molecule has 2 heterocycles. The fourth-order valence-corrected chi connectivity index (χ4v) is 4.30. The molecule has 33 heavy (non-hydrogen) atoms. The maximum atomic E-state index is 13.2. The summed E-state index contributed by atoms with van der Waals surface area (Å²) in [6.45, 7) is 8.17. The number of carbonyl (C=O) groups excluding carboxylic acids is 2. The van der Waals surface area contributed by atoms with Gasteiger partial charge >= 0.3 is 6.18 Å². The number of carbonyl (C=O) groups is 2. The maximum Gasteiger partial charge on any atom is 0.416 e. The van der Waals surface area contributed by atoms with Crippen LogP contribution in [0.3, 0.4) is 0 Å². The number of hydrogen-bond donors (Lipinski definition) is 0. The van der Waals surface area contributed by atoms with Gasteiger partial charge < -0.3 is 4.90 Å². The number of allylic oxidation sites excluding steroid dienone is 1. The molecule has 4 rings (SSSR count). The second-order valence-corrected chi connectivity index (χ2v) is 8.49. The SMILES string of the molecule is CC=C(C)CN1CCN(c2cccc3c2C(=O)N(Cc2ccc(C(F)(F)F)cc2)C3=O)CC1. The highest BCUT2D eigenvalue weighted by atomic mass is 19.4. The van der Waals surface area contributed by atoms with Crippen LogP contribution in [-0.2, 0) is 12.7 Å². The van der Waals surface area contributed by atoms with E-state index in [1.165, 1.54) is 17.7 Å². The summed E-state index contributed by atoms with van der Waals surface area (Å²) in [5.74, 6) is -0.822. The molecule has 0 aromatic heterocycles. The Bertz CT molecular complexity index is 1090. The van der Waals surface area contributed by atoms with Crippen molar-refractivity contribution in [2.24, 2.45) is 0 Å². The number of amides is 2. The molecule has 0 radical (unpaired) electrons. The van der Waals surface area contributed by atoms with Gasteiger partial charge in [-0.05, 0) is 43.7 Å². The van der Waals surface area contributed by atoms with Crippen molar-refractivity contribution >= 4 is 17.5 Å². The lowest BCUT2D eigenvalue weighted by atomic mass is 10.1. The van der Waals surface area contributed by atoms with E-state index in [1.807, 2.05) is 13.0 Å². The topological polar surface area (TPSA) is 43.9 Å². The van der Waals surface area contributed by atoms with Gasteiger partial charge in [-0.15, -0.1) is 0 Å². The molecule has 2 aromatic rings. The van der Waals surface area contributed by atoms with Gasteiger partial charge in [-0.3, -0.25) is 19.4 Å². The van der Waals surface area contributed by atoms with Gasteiger partial charge in [0.25, 0.3) is 11.8 Å². The molecule has 1 saturated heterocycles. The number of fused-ring (bicyclic) bond motifs is 1. The van der Waals surface area contributed by atoms with Crippen molar-refractivity contribution < 1.29 is 22.8 Å². The summed E-state index contributed by atoms with van der Waals surface area (Å²) in [5.41, 5.74) is 2.47. The number of benzene rings is 2. The normalized spacial score (nSPS) is 17.7. The molecule has 0 spiro atoms. The van der Waals surface area contributed by atoms with Gasteiger partial charge in [0.05, 0.1) is 28.9 Å². The van der Waals surface area contributed by atoms with Crippen LogP contribution in [0.25, 0.3) is 0 Å². The van der Waals surface area contributed by atoms with Gasteiger partial charge in [-0.2, -0.15) is 13.2 Å². The molecule has 2 aliphatic rings. The van der Waals surface area contributed by atoms with Crippen LogP contribution < -0.4 is 4.90 Å². The van der Waals surface area contributed by atoms with Crippen molar-refractivity contribution in [3.8, 4) is 0 Å².